The molecular weight excluding hydrogens is 272 g/mol. The van der Waals surface area contributed by atoms with Crippen molar-refractivity contribution in [3.63, 3.8) is 0 Å². The van der Waals surface area contributed by atoms with Gasteiger partial charge in [0, 0.05) is 24.0 Å². The van der Waals surface area contributed by atoms with Gasteiger partial charge in [-0.25, -0.2) is 9.97 Å². The van der Waals surface area contributed by atoms with Crippen molar-refractivity contribution >= 4 is 16.7 Å². The standard InChI is InChI=1S/C13H20N6S/c1-8(2)11-15-12(17-16-11)10-6-4-5-7-19(10)13-14-9(3)18-20-13/h8,10H,4-7H2,1-3H3,(H,15,16,17). The second-order valence-electron chi connectivity index (χ2n) is 5.56. The first-order chi connectivity index (χ1) is 9.65. The fraction of sp³-hybridized carbons (Fsp3) is 0.692. The molecule has 7 heteroatoms. The number of nitrogens with one attached hydrogen (secondary N) is 1. The fourth-order valence-electron chi connectivity index (χ4n) is 2.54. The van der Waals surface area contributed by atoms with Crippen molar-refractivity contribution in [1.82, 2.24) is 24.5 Å². The van der Waals surface area contributed by atoms with Crippen molar-refractivity contribution in [3.8, 4) is 0 Å². The highest BCUT2D eigenvalue weighted by molar-refractivity contribution is 7.09. The van der Waals surface area contributed by atoms with Gasteiger partial charge in [-0.1, -0.05) is 13.8 Å². The zero-order valence-corrected chi connectivity index (χ0v) is 12.9. The van der Waals surface area contributed by atoms with Crippen molar-refractivity contribution < 1.29 is 0 Å². The highest BCUT2D eigenvalue weighted by atomic mass is 32.1. The number of piperidine rings is 1. The molecule has 0 spiro atoms. The molecule has 2 aromatic heterocycles. The lowest BCUT2D eigenvalue weighted by atomic mass is 10.0. The Morgan fingerprint density at radius 2 is 2.15 bits per heavy atom. The summed E-state index contributed by atoms with van der Waals surface area (Å²) in [5, 5.41) is 8.44. The minimum atomic E-state index is 0.246. The number of aryl methyl sites for hydroxylation is 1. The summed E-state index contributed by atoms with van der Waals surface area (Å²) in [6.45, 7) is 7.17. The van der Waals surface area contributed by atoms with Crippen molar-refractivity contribution in [3.05, 3.63) is 17.5 Å². The SMILES string of the molecule is Cc1nsc(N2CCCCC2c2nc(C(C)C)n[nH]2)n1. The van der Waals surface area contributed by atoms with E-state index in [0.717, 1.165) is 35.6 Å². The Bertz CT molecular complexity index is 575. The molecule has 0 saturated carbocycles. The fourth-order valence-corrected chi connectivity index (χ4v) is 3.29. The van der Waals surface area contributed by atoms with E-state index in [1.54, 1.807) is 0 Å². The lowest BCUT2D eigenvalue weighted by Gasteiger charge is -2.33. The third kappa shape index (κ3) is 2.54. The molecule has 1 saturated heterocycles. The number of nitrogens with zero attached hydrogens (tertiary/aromatic N) is 5. The van der Waals surface area contributed by atoms with Crippen LogP contribution in [0.3, 0.4) is 0 Å². The maximum absolute atomic E-state index is 4.66. The molecule has 0 bridgehead atoms. The number of anilines is 1. The molecule has 1 aliphatic rings. The Kier molecular flexibility index (Phi) is 3.69. The lowest BCUT2D eigenvalue weighted by molar-refractivity contribution is 0.456. The van der Waals surface area contributed by atoms with E-state index in [4.69, 9.17) is 0 Å². The second-order valence-corrected chi connectivity index (χ2v) is 6.29. The van der Waals surface area contributed by atoms with Gasteiger partial charge in [0.15, 0.2) is 5.82 Å². The summed E-state index contributed by atoms with van der Waals surface area (Å²) in [6, 6.07) is 0.246. The third-order valence-corrected chi connectivity index (χ3v) is 4.46. The summed E-state index contributed by atoms with van der Waals surface area (Å²) in [7, 11) is 0. The second kappa shape index (κ2) is 5.47. The topological polar surface area (TPSA) is 70.6 Å². The Hall–Kier alpha value is -1.50. The summed E-state index contributed by atoms with van der Waals surface area (Å²) >= 11 is 1.47. The van der Waals surface area contributed by atoms with Gasteiger partial charge in [0.25, 0.3) is 0 Å². The predicted octanol–water partition coefficient (Wildman–Crippen LogP) is 2.82. The Balaban J connectivity index is 1.88. The van der Waals surface area contributed by atoms with Crippen molar-refractivity contribution in [2.45, 2.75) is 52.0 Å². The molecular formula is C13H20N6S. The summed E-state index contributed by atoms with van der Waals surface area (Å²) < 4.78 is 4.30. The molecule has 1 aliphatic heterocycles. The number of hydrogen-bond acceptors (Lipinski definition) is 6. The molecule has 1 fully saturated rings. The van der Waals surface area contributed by atoms with Crippen LogP contribution >= 0.6 is 11.5 Å². The van der Waals surface area contributed by atoms with E-state index in [1.165, 1.54) is 24.4 Å². The molecule has 1 atom stereocenters. The van der Waals surface area contributed by atoms with Gasteiger partial charge in [-0.15, -0.1) is 0 Å². The average Bonchev–Trinajstić information content (AvgIpc) is 3.07. The maximum Gasteiger partial charge on any atom is 0.205 e. The van der Waals surface area contributed by atoms with Gasteiger partial charge in [-0.05, 0) is 26.2 Å². The number of hydrogen-bond donors (Lipinski definition) is 1. The molecule has 0 amide bonds. The summed E-state index contributed by atoms with van der Waals surface area (Å²) in [5.41, 5.74) is 0. The highest BCUT2D eigenvalue weighted by Crippen LogP contribution is 2.34. The number of aromatic nitrogens is 5. The van der Waals surface area contributed by atoms with Crippen LogP contribution < -0.4 is 4.90 Å². The Morgan fingerprint density at radius 3 is 2.80 bits per heavy atom. The van der Waals surface area contributed by atoms with Crippen LogP contribution in [-0.4, -0.2) is 31.1 Å². The van der Waals surface area contributed by atoms with E-state index < -0.39 is 0 Å². The molecule has 1 N–H and O–H groups in total. The van der Waals surface area contributed by atoms with E-state index in [2.05, 4.69) is 43.3 Å². The van der Waals surface area contributed by atoms with Crippen LogP contribution in [0.2, 0.25) is 0 Å². The lowest BCUT2D eigenvalue weighted by Crippen LogP contribution is -2.34. The summed E-state index contributed by atoms with van der Waals surface area (Å²) in [5.74, 6) is 3.04. The first-order valence-electron chi connectivity index (χ1n) is 7.14. The summed E-state index contributed by atoms with van der Waals surface area (Å²) in [6.07, 6.45) is 3.50. The van der Waals surface area contributed by atoms with Crippen LogP contribution in [0.15, 0.2) is 0 Å². The molecule has 20 heavy (non-hydrogen) atoms. The van der Waals surface area contributed by atoms with E-state index >= 15 is 0 Å². The van der Waals surface area contributed by atoms with E-state index in [0.29, 0.717) is 5.92 Å². The van der Waals surface area contributed by atoms with Gasteiger partial charge in [-0.3, -0.25) is 5.10 Å². The predicted molar refractivity (Wildman–Crippen MR) is 79.1 cm³/mol. The zero-order valence-electron chi connectivity index (χ0n) is 12.1. The van der Waals surface area contributed by atoms with E-state index in [9.17, 15) is 0 Å². The minimum absolute atomic E-state index is 0.246. The monoisotopic (exact) mass is 292 g/mol. The molecule has 3 heterocycles. The largest absolute Gasteiger partial charge is 0.337 e. The van der Waals surface area contributed by atoms with Crippen LogP contribution in [0.25, 0.3) is 0 Å². The van der Waals surface area contributed by atoms with Gasteiger partial charge < -0.3 is 4.90 Å². The minimum Gasteiger partial charge on any atom is -0.337 e. The molecule has 1 unspecified atom stereocenters. The van der Waals surface area contributed by atoms with Crippen molar-refractivity contribution in [2.24, 2.45) is 0 Å². The van der Waals surface area contributed by atoms with Crippen molar-refractivity contribution in [1.29, 1.82) is 0 Å². The molecule has 0 aliphatic carbocycles. The van der Waals surface area contributed by atoms with Crippen LogP contribution in [-0.2, 0) is 0 Å². The quantitative estimate of drug-likeness (QED) is 0.942. The van der Waals surface area contributed by atoms with Crippen molar-refractivity contribution in [2.75, 3.05) is 11.4 Å². The first kappa shape index (κ1) is 13.5. The molecule has 0 radical (unpaired) electrons. The first-order valence-corrected chi connectivity index (χ1v) is 7.91. The Morgan fingerprint density at radius 1 is 1.30 bits per heavy atom. The van der Waals surface area contributed by atoms with E-state index in [-0.39, 0.29) is 6.04 Å². The smallest absolute Gasteiger partial charge is 0.205 e. The molecule has 108 valence electrons. The van der Waals surface area contributed by atoms with Crippen LogP contribution in [0.1, 0.15) is 62.5 Å². The Labute approximate surface area is 122 Å². The zero-order chi connectivity index (χ0) is 14.1. The third-order valence-electron chi connectivity index (χ3n) is 3.62. The van der Waals surface area contributed by atoms with Gasteiger partial charge in [0.1, 0.15) is 11.6 Å². The van der Waals surface area contributed by atoms with Crippen LogP contribution in [0.4, 0.5) is 5.13 Å². The van der Waals surface area contributed by atoms with Gasteiger partial charge in [-0.2, -0.15) is 9.47 Å². The number of H-pyrrole nitrogens is 1. The number of aromatic amines is 1. The highest BCUT2D eigenvalue weighted by Gasteiger charge is 2.29. The number of rotatable bonds is 3. The summed E-state index contributed by atoms with van der Waals surface area (Å²) in [4.78, 5) is 11.5. The maximum atomic E-state index is 4.66. The van der Waals surface area contributed by atoms with E-state index in [1.807, 2.05) is 6.92 Å². The van der Waals surface area contributed by atoms with Gasteiger partial charge in [0.05, 0.1) is 6.04 Å². The normalized spacial score (nSPS) is 19.8. The molecule has 3 rings (SSSR count). The molecule has 0 aromatic carbocycles. The molecule has 6 nitrogen and oxygen atoms in total. The van der Waals surface area contributed by atoms with Gasteiger partial charge in [0.2, 0.25) is 5.13 Å². The van der Waals surface area contributed by atoms with Crippen LogP contribution in [0, 0.1) is 6.92 Å². The average molecular weight is 292 g/mol. The molecule has 2 aromatic rings. The van der Waals surface area contributed by atoms with Crippen LogP contribution in [0.5, 0.6) is 0 Å². The van der Waals surface area contributed by atoms with Gasteiger partial charge >= 0.3 is 0 Å².